The Hall–Kier alpha value is -1.53. The summed E-state index contributed by atoms with van der Waals surface area (Å²) in [4.78, 5) is 16.8. The number of aromatic nitrogens is 1. The van der Waals surface area contributed by atoms with Gasteiger partial charge in [-0.3, -0.25) is 4.79 Å². The maximum atomic E-state index is 12.5. The minimum atomic E-state index is -0.210. The lowest BCUT2D eigenvalue weighted by atomic mass is 10.0. The first kappa shape index (κ1) is 16.3. The van der Waals surface area contributed by atoms with Gasteiger partial charge in [0.05, 0.1) is 22.9 Å². The van der Waals surface area contributed by atoms with E-state index < -0.39 is 0 Å². The zero-order valence-corrected chi connectivity index (χ0v) is 15.1. The van der Waals surface area contributed by atoms with Crippen LogP contribution in [-0.4, -0.2) is 22.7 Å². The number of nitrogens with one attached hydrogen (secondary N) is 1. The first-order valence-electron chi connectivity index (χ1n) is 7.44. The molecule has 1 aromatic carbocycles. The lowest BCUT2D eigenvalue weighted by molar-refractivity contribution is -0.121. The van der Waals surface area contributed by atoms with Gasteiger partial charge in [-0.1, -0.05) is 30.0 Å². The number of para-hydroxylation sites is 1. The van der Waals surface area contributed by atoms with Crippen LogP contribution in [-0.2, 0) is 4.79 Å². The molecule has 6 heteroatoms. The Morgan fingerprint density at radius 3 is 3.00 bits per heavy atom. The van der Waals surface area contributed by atoms with Crippen molar-refractivity contribution in [1.82, 2.24) is 10.3 Å². The van der Waals surface area contributed by atoms with Gasteiger partial charge in [0, 0.05) is 22.7 Å². The Labute approximate surface area is 148 Å². The highest BCUT2D eigenvalue weighted by atomic mass is 79.9. The average Bonchev–Trinajstić information content (AvgIpc) is 2.57. The number of fused-ring (bicyclic) bond motifs is 1. The van der Waals surface area contributed by atoms with E-state index in [9.17, 15) is 4.79 Å². The van der Waals surface area contributed by atoms with E-state index in [2.05, 4.69) is 26.2 Å². The summed E-state index contributed by atoms with van der Waals surface area (Å²) in [6, 6.07) is 11.7. The first-order chi connectivity index (χ1) is 11.1. The molecule has 120 valence electrons. The summed E-state index contributed by atoms with van der Waals surface area (Å²) in [5.41, 5.74) is 1.05. The molecule has 2 heterocycles. The second-order valence-electron chi connectivity index (χ2n) is 5.31. The third kappa shape index (κ3) is 4.06. The summed E-state index contributed by atoms with van der Waals surface area (Å²) in [6.45, 7) is 2.52. The van der Waals surface area contributed by atoms with E-state index in [1.54, 1.807) is 6.20 Å². The monoisotopic (exact) mass is 392 g/mol. The standard InChI is InChI=1S/C17H17BrN2O2S/c1-11(23-16-7-6-12(18)10-19-16)17(21)20-14-8-9-22-15-5-3-2-4-13(14)15/h2-7,10-11,14H,8-9H2,1H3,(H,20,21). The van der Waals surface area contributed by atoms with Gasteiger partial charge in [0.15, 0.2) is 0 Å². The third-order valence-corrected chi connectivity index (χ3v) is 5.16. The number of ether oxygens (including phenoxy) is 1. The molecule has 1 aliphatic rings. The molecule has 4 nitrogen and oxygen atoms in total. The predicted molar refractivity (Wildman–Crippen MR) is 94.7 cm³/mol. The van der Waals surface area contributed by atoms with Gasteiger partial charge in [-0.15, -0.1) is 0 Å². The number of nitrogens with zero attached hydrogens (tertiary/aromatic N) is 1. The minimum absolute atomic E-state index is 0.00776. The highest BCUT2D eigenvalue weighted by Crippen LogP contribution is 2.32. The van der Waals surface area contributed by atoms with Crippen LogP contribution in [0.25, 0.3) is 0 Å². The fourth-order valence-electron chi connectivity index (χ4n) is 2.45. The van der Waals surface area contributed by atoms with Gasteiger partial charge < -0.3 is 10.1 Å². The number of benzene rings is 1. The Balaban J connectivity index is 1.64. The van der Waals surface area contributed by atoms with E-state index >= 15 is 0 Å². The number of halogens is 1. The Kier molecular flexibility index (Phi) is 5.23. The summed E-state index contributed by atoms with van der Waals surface area (Å²) < 4.78 is 6.56. The fourth-order valence-corrected chi connectivity index (χ4v) is 3.48. The zero-order chi connectivity index (χ0) is 16.2. The number of amides is 1. The van der Waals surface area contributed by atoms with Gasteiger partial charge in [0.2, 0.25) is 5.91 Å². The number of hydrogen-bond acceptors (Lipinski definition) is 4. The van der Waals surface area contributed by atoms with Gasteiger partial charge in [0.1, 0.15) is 5.75 Å². The van der Waals surface area contributed by atoms with E-state index in [4.69, 9.17) is 4.74 Å². The molecule has 2 atom stereocenters. The number of thioether (sulfide) groups is 1. The fraction of sp³-hybridized carbons (Fsp3) is 0.294. The minimum Gasteiger partial charge on any atom is -0.493 e. The molecule has 3 rings (SSSR count). The third-order valence-electron chi connectivity index (χ3n) is 3.64. The van der Waals surface area contributed by atoms with E-state index in [1.807, 2.05) is 43.3 Å². The second-order valence-corrected chi connectivity index (χ2v) is 7.59. The highest BCUT2D eigenvalue weighted by Gasteiger charge is 2.25. The molecule has 0 radical (unpaired) electrons. The van der Waals surface area contributed by atoms with E-state index in [0.29, 0.717) is 6.61 Å². The average molecular weight is 393 g/mol. The molecule has 2 unspecified atom stereocenters. The molecular weight excluding hydrogens is 376 g/mol. The van der Waals surface area contributed by atoms with Crippen LogP contribution in [0.5, 0.6) is 5.75 Å². The largest absolute Gasteiger partial charge is 0.493 e. The van der Waals surface area contributed by atoms with E-state index in [1.165, 1.54) is 11.8 Å². The van der Waals surface area contributed by atoms with Crippen LogP contribution in [0.3, 0.4) is 0 Å². The van der Waals surface area contributed by atoms with Crippen LogP contribution in [0.1, 0.15) is 24.9 Å². The van der Waals surface area contributed by atoms with Crippen LogP contribution < -0.4 is 10.1 Å². The molecule has 0 aliphatic carbocycles. The summed E-state index contributed by atoms with van der Waals surface area (Å²) in [7, 11) is 0. The molecule has 0 bridgehead atoms. The number of carbonyl (C=O) groups excluding carboxylic acids is 1. The predicted octanol–water partition coefficient (Wildman–Crippen LogP) is 3.96. The van der Waals surface area contributed by atoms with Crippen molar-refractivity contribution >= 4 is 33.6 Å². The van der Waals surface area contributed by atoms with Crippen molar-refractivity contribution in [3.63, 3.8) is 0 Å². The van der Waals surface area contributed by atoms with Crippen molar-refractivity contribution in [2.45, 2.75) is 29.7 Å². The van der Waals surface area contributed by atoms with Gasteiger partial charge >= 0.3 is 0 Å². The van der Waals surface area contributed by atoms with E-state index in [0.717, 1.165) is 27.2 Å². The van der Waals surface area contributed by atoms with Crippen molar-refractivity contribution < 1.29 is 9.53 Å². The number of hydrogen-bond donors (Lipinski definition) is 1. The number of pyridine rings is 1. The van der Waals surface area contributed by atoms with Crippen molar-refractivity contribution in [2.24, 2.45) is 0 Å². The van der Waals surface area contributed by atoms with Gasteiger partial charge in [-0.25, -0.2) is 4.98 Å². The van der Waals surface area contributed by atoms with Crippen molar-refractivity contribution in [2.75, 3.05) is 6.61 Å². The summed E-state index contributed by atoms with van der Waals surface area (Å²) in [5, 5.41) is 3.76. The van der Waals surface area contributed by atoms with Crippen LogP contribution in [0.4, 0.5) is 0 Å². The number of carbonyl (C=O) groups is 1. The molecule has 1 aromatic heterocycles. The molecule has 2 aromatic rings. The maximum Gasteiger partial charge on any atom is 0.233 e. The normalized spacial score (nSPS) is 17.7. The zero-order valence-electron chi connectivity index (χ0n) is 12.7. The SMILES string of the molecule is CC(Sc1ccc(Br)cn1)C(=O)NC1CCOc2ccccc21. The lowest BCUT2D eigenvalue weighted by Gasteiger charge is -2.27. The molecule has 0 saturated carbocycles. The van der Waals surface area contributed by atoms with Gasteiger partial charge in [-0.05, 0) is 41.1 Å². The molecule has 1 amide bonds. The van der Waals surface area contributed by atoms with Crippen molar-refractivity contribution in [3.05, 3.63) is 52.6 Å². The maximum absolute atomic E-state index is 12.5. The molecule has 0 spiro atoms. The molecule has 1 N–H and O–H groups in total. The molecule has 0 fully saturated rings. The van der Waals surface area contributed by atoms with Crippen molar-refractivity contribution in [1.29, 1.82) is 0 Å². The first-order valence-corrected chi connectivity index (χ1v) is 9.11. The topological polar surface area (TPSA) is 51.2 Å². The van der Waals surface area contributed by atoms with Crippen molar-refractivity contribution in [3.8, 4) is 5.75 Å². The lowest BCUT2D eigenvalue weighted by Crippen LogP contribution is -2.36. The van der Waals surface area contributed by atoms with Crippen LogP contribution in [0.2, 0.25) is 0 Å². The Morgan fingerprint density at radius 2 is 2.22 bits per heavy atom. The van der Waals surface area contributed by atoms with Crippen LogP contribution in [0.15, 0.2) is 52.1 Å². The van der Waals surface area contributed by atoms with Gasteiger partial charge in [-0.2, -0.15) is 0 Å². The quantitative estimate of drug-likeness (QED) is 0.799. The highest BCUT2D eigenvalue weighted by molar-refractivity contribution is 9.10. The van der Waals surface area contributed by atoms with E-state index in [-0.39, 0.29) is 17.2 Å². The Bertz CT molecular complexity index is 693. The summed E-state index contributed by atoms with van der Waals surface area (Å²) >= 11 is 4.81. The van der Waals surface area contributed by atoms with Crippen LogP contribution in [0, 0.1) is 0 Å². The molecule has 23 heavy (non-hydrogen) atoms. The second kappa shape index (κ2) is 7.36. The molecule has 0 saturated heterocycles. The molecule has 1 aliphatic heterocycles. The van der Waals surface area contributed by atoms with Gasteiger partial charge in [0.25, 0.3) is 0 Å². The summed E-state index contributed by atoms with van der Waals surface area (Å²) in [6.07, 6.45) is 2.53. The summed E-state index contributed by atoms with van der Waals surface area (Å²) in [5.74, 6) is 0.875. The number of rotatable bonds is 4. The smallest absolute Gasteiger partial charge is 0.233 e. The molecular formula is C17H17BrN2O2S. The Morgan fingerprint density at radius 1 is 1.39 bits per heavy atom. The van der Waals surface area contributed by atoms with Crippen LogP contribution >= 0.6 is 27.7 Å².